The first-order valence-electron chi connectivity index (χ1n) is 8.35. The fourth-order valence-electron chi connectivity index (χ4n) is 2.93. The van der Waals surface area contributed by atoms with Gasteiger partial charge in [-0.15, -0.1) is 0 Å². The molecule has 1 aliphatic heterocycles. The Bertz CT molecular complexity index is 1070. The Kier molecular flexibility index (Phi) is 4.08. The zero-order valence-electron chi connectivity index (χ0n) is 14.6. The van der Waals surface area contributed by atoms with Gasteiger partial charge in [0, 0.05) is 6.07 Å². The molecule has 26 heavy (non-hydrogen) atoms. The van der Waals surface area contributed by atoms with E-state index in [1.54, 1.807) is 28.8 Å². The minimum atomic E-state index is -0.150. The van der Waals surface area contributed by atoms with Crippen molar-refractivity contribution < 1.29 is 14.2 Å². The number of fused-ring (bicyclic) bond motifs is 2. The van der Waals surface area contributed by atoms with Gasteiger partial charge in [-0.3, -0.25) is 9.36 Å². The summed E-state index contributed by atoms with van der Waals surface area (Å²) in [6, 6.07) is 10.8. The number of aromatic nitrogens is 2. The van der Waals surface area contributed by atoms with Crippen LogP contribution in [0, 0.1) is 6.92 Å². The van der Waals surface area contributed by atoms with Crippen molar-refractivity contribution in [2.24, 2.45) is 0 Å². The largest absolute Gasteiger partial charge is 0.490 e. The summed E-state index contributed by atoms with van der Waals surface area (Å²) in [4.78, 5) is 17.7. The van der Waals surface area contributed by atoms with Crippen LogP contribution in [0.5, 0.6) is 17.2 Å². The second-order valence-electron chi connectivity index (χ2n) is 5.90. The van der Waals surface area contributed by atoms with Gasteiger partial charge < -0.3 is 14.2 Å². The SMILES string of the molecule is CC=CCOc1ccc2nc(C)n(-c3ccc4c(c3)OCO4)c(=O)c2c1. The molecule has 0 fully saturated rings. The van der Waals surface area contributed by atoms with Gasteiger partial charge in [0.15, 0.2) is 11.5 Å². The van der Waals surface area contributed by atoms with Crippen molar-refractivity contribution in [1.29, 1.82) is 0 Å². The van der Waals surface area contributed by atoms with E-state index in [0.29, 0.717) is 46.3 Å². The summed E-state index contributed by atoms with van der Waals surface area (Å²) in [5.74, 6) is 2.53. The first-order valence-corrected chi connectivity index (χ1v) is 8.35. The van der Waals surface area contributed by atoms with Crippen LogP contribution in [0.2, 0.25) is 0 Å². The first kappa shape index (κ1) is 16.2. The molecule has 0 radical (unpaired) electrons. The normalized spacial score (nSPS) is 12.8. The number of allylic oxidation sites excluding steroid dienone is 1. The van der Waals surface area contributed by atoms with Crippen molar-refractivity contribution in [1.82, 2.24) is 9.55 Å². The molecule has 0 unspecified atom stereocenters. The van der Waals surface area contributed by atoms with Gasteiger partial charge >= 0.3 is 0 Å². The summed E-state index contributed by atoms with van der Waals surface area (Å²) in [6.45, 7) is 4.38. The highest BCUT2D eigenvalue weighted by molar-refractivity contribution is 5.79. The van der Waals surface area contributed by atoms with Gasteiger partial charge in [-0.25, -0.2) is 4.98 Å². The molecule has 1 aromatic heterocycles. The maximum Gasteiger partial charge on any atom is 0.266 e. The van der Waals surface area contributed by atoms with E-state index in [1.165, 1.54) is 0 Å². The van der Waals surface area contributed by atoms with Crippen LogP contribution in [0.4, 0.5) is 0 Å². The molecule has 2 heterocycles. The van der Waals surface area contributed by atoms with Gasteiger partial charge in [0.1, 0.15) is 18.2 Å². The molecule has 0 amide bonds. The minimum Gasteiger partial charge on any atom is -0.490 e. The number of hydrogen-bond acceptors (Lipinski definition) is 5. The predicted molar refractivity (Wildman–Crippen MR) is 98.5 cm³/mol. The molecule has 6 nitrogen and oxygen atoms in total. The van der Waals surface area contributed by atoms with Gasteiger partial charge in [-0.05, 0) is 44.2 Å². The molecule has 0 saturated heterocycles. The Balaban J connectivity index is 1.83. The summed E-state index contributed by atoms with van der Waals surface area (Å²) in [5.41, 5.74) is 1.18. The lowest BCUT2D eigenvalue weighted by molar-refractivity contribution is 0.174. The molecular weight excluding hydrogens is 332 g/mol. The lowest BCUT2D eigenvalue weighted by Crippen LogP contribution is -2.22. The number of ether oxygens (including phenoxy) is 3. The highest BCUT2D eigenvalue weighted by Gasteiger charge is 2.16. The van der Waals surface area contributed by atoms with Crippen molar-refractivity contribution >= 4 is 10.9 Å². The molecule has 132 valence electrons. The lowest BCUT2D eigenvalue weighted by Gasteiger charge is -2.12. The number of hydrogen-bond donors (Lipinski definition) is 0. The minimum absolute atomic E-state index is 0.150. The lowest BCUT2D eigenvalue weighted by atomic mass is 10.2. The van der Waals surface area contributed by atoms with Crippen LogP contribution in [0.25, 0.3) is 16.6 Å². The summed E-state index contributed by atoms with van der Waals surface area (Å²) in [5, 5.41) is 0.506. The Labute approximate surface area is 150 Å². The molecule has 3 aromatic rings. The van der Waals surface area contributed by atoms with Crippen LogP contribution in [0.3, 0.4) is 0 Å². The molecule has 0 bridgehead atoms. The number of nitrogens with zero attached hydrogens (tertiary/aromatic N) is 2. The Hall–Kier alpha value is -3.28. The third-order valence-corrected chi connectivity index (χ3v) is 4.20. The molecule has 2 aromatic carbocycles. The third-order valence-electron chi connectivity index (χ3n) is 4.20. The van der Waals surface area contributed by atoms with Crippen molar-refractivity contribution in [3.8, 4) is 22.9 Å². The average molecular weight is 350 g/mol. The predicted octanol–water partition coefficient (Wildman–Crippen LogP) is 3.38. The molecule has 0 saturated carbocycles. The standard InChI is InChI=1S/C20H18N2O4/c1-3-4-9-24-15-6-7-17-16(11-15)20(23)22(13(2)21-17)14-5-8-18-19(10-14)26-12-25-18/h3-8,10-11H,9,12H2,1-2H3. The quantitative estimate of drug-likeness (QED) is 0.675. The van der Waals surface area contributed by atoms with Crippen LogP contribution < -0.4 is 19.8 Å². The van der Waals surface area contributed by atoms with Crippen molar-refractivity contribution in [3.05, 3.63) is 64.7 Å². The zero-order valence-corrected chi connectivity index (χ0v) is 14.6. The van der Waals surface area contributed by atoms with E-state index in [-0.39, 0.29) is 12.4 Å². The molecule has 4 rings (SSSR count). The summed E-state index contributed by atoms with van der Waals surface area (Å²) in [7, 11) is 0. The second-order valence-corrected chi connectivity index (χ2v) is 5.90. The zero-order chi connectivity index (χ0) is 18.1. The second kappa shape index (κ2) is 6.55. The topological polar surface area (TPSA) is 62.6 Å². The van der Waals surface area contributed by atoms with E-state index < -0.39 is 0 Å². The van der Waals surface area contributed by atoms with Gasteiger partial charge in [0.05, 0.1) is 16.6 Å². The molecule has 0 atom stereocenters. The van der Waals surface area contributed by atoms with Crippen molar-refractivity contribution in [2.45, 2.75) is 13.8 Å². The molecular formula is C20H18N2O4. The van der Waals surface area contributed by atoms with Crippen LogP contribution in [-0.4, -0.2) is 23.0 Å². The van der Waals surface area contributed by atoms with Gasteiger partial charge in [-0.2, -0.15) is 0 Å². The summed E-state index contributed by atoms with van der Waals surface area (Å²) in [6.07, 6.45) is 3.82. The summed E-state index contributed by atoms with van der Waals surface area (Å²) < 4.78 is 18.0. The molecule has 6 heteroatoms. The molecule has 0 spiro atoms. The number of aryl methyl sites for hydroxylation is 1. The average Bonchev–Trinajstić information content (AvgIpc) is 3.10. The Morgan fingerprint density at radius 1 is 1.19 bits per heavy atom. The van der Waals surface area contributed by atoms with E-state index in [0.717, 1.165) is 0 Å². The number of rotatable bonds is 4. The van der Waals surface area contributed by atoms with Crippen LogP contribution in [0.1, 0.15) is 12.7 Å². The fraction of sp³-hybridized carbons (Fsp3) is 0.200. The maximum absolute atomic E-state index is 13.1. The third kappa shape index (κ3) is 2.79. The van der Waals surface area contributed by atoms with Crippen LogP contribution in [-0.2, 0) is 0 Å². The van der Waals surface area contributed by atoms with Crippen molar-refractivity contribution in [3.63, 3.8) is 0 Å². The highest BCUT2D eigenvalue weighted by atomic mass is 16.7. The number of benzene rings is 2. The Morgan fingerprint density at radius 3 is 2.88 bits per heavy atom. The molecule has 0 aliphatic carbocycles. The van der Waals surface area contributed by atoms with Gasteiger partial charge in [0.2, 0.25) is 6.79 Å². The van der Waals surface area contributed by atoms with E-state index in [4.69, 9.17) is 14.2 Å². The summed E-state index contributed by atoms with van der Waals surface area (Å²) >= 11 is 0. The monoisotopic (exact) mass is 350 g/mol. The maximum atomic E-state index is 13.1. The van der Waals surface area contributed by atoms with Gasteiger partial charge in [-0.1, -0.05) is 12.2 Å². The highest BCUT2D eigenvalue weighted by Crippen LogP contribution is 2.33. The Morgan fingerprint density at radius 2 is 2.04 bits per heavy atom. The van der Waals surface area contributed by atoms with E-state index in [1.807, 2.05) is 38.1 Å². The first-order chi connectivity index (χ1) is 12.7. The van der Waals surface area contributed by atoms with Crippen LogP contribution in [0.15, 0.2) is 53.3 Å². The van der Waals surface area contributed by atoms with Crippen molar-refractivity contribution in [2.75, 3.05) is 13.4 Å². The van der Waals surface area contributed by atoms with E-state index >= 15 is 0 Å². The van der Waals surface area contributed by atoms with E-state index in [9.17, 15) is 4.79 Å². The van der Waals surface area contributed by atoms with Crippen LogP contribution >= 0.6 is 0 Å². The van der Waals surface area contributed by atoms with Gasteiger partial charge in [0.25, 0.3) is 5.56 Å². The molecule has 0 N–H and O–H groups in total. The fourth-order valence-corrected chi connectivity index (χ4v) is 2.93. The smallest absolute Gasteiger partial charge is 0.266 e. The van der Waals surface area contributed by atoms with E-state index in [2.05, 4.69) is 4.98 Å². The molecule has 1 aliphatic rings.